The Kier molecular flexibility index (Phi) is 11.5. The second-order valence-electron chi connectivity index (χ2n) is 7.42. The Hall–Kier alpha value is -2.14. The van der Waals surface area contributed by atoms with Crippen LogP contribution in [0.15, 0.2) is 12.8 Å². The Balaban J connectivity index is 4.53. The Morgan fingerprint density at radius 1 is 1.21 bits per heavy atom. The number of ether oxygens (including phenoxy) is 1. The van der Waals surface area contributed by atoms with E-state index in [1.54, 1.807) is 13.8 Å². The first-order valence-corrected chi connectivity index (χ1v) is 10.9. The minimum atomic E-state index is -4.50. The molecular weight excluding hydrogens is 402 g/mol. The van der Waals surface area contributed by atoms with Gasteiger partial charge in [-0.15, -0.1) is 0 Å². The van der Waals surface area contributed by atoms with Gasteiger partial charge in [-0.3, -0.25) is 14.4 Å². The fourth-order valence-electron chi connectivity index (χ4n) is 2.63. The number of hydrogen-bond acceptors (Lipinski definition) is 7. The first kappa shape index (κ1) is 26.9. The maximum absolute atomic E-state index is 12.3. The number of rotatable bonds is 14. The van der Waals surface area contributed by atoms with E-state index in [1.165, 1.54) is 20.1 Å². The minimum Gasteiger partial charge on any atom is -0.748 e. The van der Waals surface area contributed by atoms with Gasteiger partial charge in [0.25, 0.3) is 0 Å². The third kappa shape index (κ3) is 12.8. The van der Waals surface area contributed by atoms with Crippen LogP contribution in [0.2, 0.25) is 0 Å². The van der Waals surface area contributed by atoms with Gasteiger partial charge in [-0.05, 0) is 26.7 Å². The van der Waals surface area contributed by atoms with E-state index in [2.05, 4.69) is 22.5 Å². The van der Waals surface area contributed by atoms with Crippen LogP contribution in [0.4, 0.5) is 0 Å². The van der Waals surface area contributed by atoms with E-state index in [9.17, 15) is 27.4 Å². The van der Waals surface area contributed by atoms with Crippen LogP contribution in [0.1, 0.15) is 47.0 Å². The molecule has 0 saturated carbocycles. The van der Waals surface area contributed by atoms with Crippen molar-refractivity contribution >= 4 is 27.8 Å². The number of nitrogens with one attached hydrogen (secondary N) is 3. The number of carbonyl (C=O) groups is 3. The molecule has 0 aromatic heterocycles. The van der Waals surface area contributed by atoms with E-state index in [0.29, 0.717) is 6.42 Å². The lowest BCUT2D eigenvalue weighted by Crippen LogP contribution is -2.50. The average Bonchev–Trinajstić information content (AvgIpc) is 2.56. The highest BCUT2D eigenvalue weighted by Gasteiger charge is 2.28. The summed E-state index contributed by atoms with van der Waals surface area (Å²) in [7, 11) is -4.50. The molecule has 168 valence electrons. The number of hydrogen-bond donors (Lipinski definition) is 3. The van der Waals surface area contributed by atoms with Crippen molar-refractivity contribution in [2.45, 2.75) is 52.5 Å². The second-order valence-corrected chi connectivity index (χ2v) is 8.83. The maximum Gasteiger partial charge on any atom is 0.224 e. The van der Waals surface area contributed by atoms with Crippen LogP contribution in [-0.2, 0) is 29.2 Å². The number of amides is 3. The third-order valence-electron chi connectivity index (χ3n) is 4.06. The van der Waals surface area contributed by atoms with Crippen molar-refractivity contribution in [3.05, 3.63) is 12.8 Å². The molecule has 0 saturated heterocycles. The van der Waals surface area contributed by atoms with Gasteiger partial charge in [0.2, 0.25) is 17.7 Å². The van der Waals surface area contributed by atoms with Crippen molar-refractivity contribution in [3.8, 4) is 0 Å². The van der Waals surface area contributed by atoms with Crippen molar-refractivity contribution in [2.75, 3.05) is 19.0 Å². The highest BCUT2D eigenvalue weighted by atomic mass is 32.2. The lowest BCUT2D eigenvalue weighted by atomic mass is 9.91. The van der Waals surface area contributed by atoms with Crippen molar-refractivity contribution in [3.63, 3.8) is 0 Å². The van der Waals surface area contributed by atoms with E-state index in [4.69, 9.17) is 4.74 Å². The lowest BCUT2D eigenvalue weighted by molar-refractivity contribution is -0.128. The van der Waals surface area contributed by atoms with E-state index in [1.807, 2.05) is 0 Å². The van der Waals surface area contributed by atoms with Crippen LogP contribution in [0.3, 0.4) is 0 Å². The summed E-state index contributed by atoms with van der Waals surface area (Å²) >= 11 is 0. The summed E-state index contributed by atoms with van der Waals surface area (Å²) in [6, 6.07) is 0. The monoisotopic (exact) mass is 434 g/mol. The fraction of sp³-hybridized carbons (Fsp3) is 0.722. The van der Waals surface area contributed by atoms with Crippen LogP contribution >= 0.6 is 0 Å². The van der Waals surface area contributed by atoms with E-state index >= 15 is 0 Å². The highest BCUT2D eigenvalue weighted by Crippen LogP contribution is 2.17. The zero-order chi connectivity index (χ0) is 22.7. The Morgan fingerprint density at radius 2 is 1.83 bits per heavy atom. The molecule has 0 spiro atoms. The molecule has 3 N–H and O–H groups in total. The van der Waals surface area contributed by atoms with Gasteiger partial charge < -0.3 is 25.2 Å². The predicted molar refractivity (Wildman–Crippen MR) is 106 cm³/mol. The molecule has 0 aromatic carbocycles. The normalized spacial score (nSPS) is 13.7. The van der Waals surface area contributed by atoms with Gasteiger partial charge in [-0.1, -0.05) is 20.4 Å². The van der Waals surface area contributed by atoms with Gasteiger partial charge >= 0.3 is 0 Å². The number of carbonyl (C=O) groups excluding carboxylic acids is 3. The lowest BCUT2D eigenvalue weighted by Gasteiger charge is -2.29. The van der Waals surface area contributed by atoms with Crippen molar-refractivity contribution < 1.29 is 32.1 Å². The maximum atomic E-state index is 12.3. The molecule has 0 fully saturated rings. The summed E-state index contributed by atoms with van der Waals surface area (Å²) in [6.07, 6.45) is 2.07. The summed E-state index contributed by atoms with van der Waals surface area (Å²) in [6.45, 7) is 9.82. The first-order valence-electron chi connectivity index (χ1n) is 9.33. The summed E-state index contributed by atoms with van der Waals surface area (Å²) < 4.78 is 37.6. The van der Waals surface area contributed by atoms with Crippen LogP contribution in [0, 0.1) is 11.8 Å². The Bertz CT molecular complexity index is 677. The molecule has 0 aliphatic heterocycles. The molecule has 0 aliphatic rings. The molecule has 29 heavy (non-hydrogen) atoms. The summed E-state index contributed by atoms with van der Waals surface area (Å²) in [5.41, 5.74) is -1.21. The second kappa shape index (κ2) is 12.4. The van der Waals surface area contributed by atoms with Gasteiger partial charge in [-0.25, -0.2) is 8.42 Å². The van der Waals surface area contributed by atoms with Crippen molar-refractivity contribution in [1.82, 2.24) is 16.0 Å². The standard InChI is InChI=1S/C18H33N3O7S/c1-6-14(17(24)20-12-19-15(22)8-9-28-7-2)10-13(3)16(23)21-18(4,5)11-29(25,26)27/h7,13-14H,2,6,8-12H2,1,3-5H3,(H,19,22)(H,20,24)(H,21,23)(H,25,26,27)/p-1. The molecular formula is C18H32N3O7S-. The molecule has 2 unspecified atom stereocenters. The minimum absolute atomic E-state index is 0.0444. The van der Waals surface area contributed by atoms with Crippen molar-refractivity contribution in [2.24, 2.45) is 11.8 Å². The Morgan fingerprint density at radius 3 is 2.34 bits per heavy atom. The van der Waals surface area contributed by atoms with Crippen LogP contribution < -0.4 is 16.0 Å². The van der Waals surface area contributed by atoms with Crippen molar-refractivity contribution in [1.29, 1.82) is 0 Å². The molecule has 0 bridgehead atoms. The van der Waals surface area contributed by atoms with E-state index < -0.39 is 39.2 Å². The summed E-state index contributed by atoms with van der Waals surface area (Å²) in [5.74, 6) is -2.82. The molecule has 0 radical (unpaired) electrons. The molecule has 10 nitrogen and oxygen atoms in total. The molecule has 3 amide bonds. The zero-order valence-corrected chi connectivity index (χ0v) is 18.3. The van der Waals surface area contributed by atoms with Crippen LogP contribution in [0.25, 0.3) is 0 Å². The van der Waals surface area contributed by atoms with Crippen LogP contribution in [-0.4, -0.2) is 55.3 Å². The Labute approximate surface area is 172 Å². The van der Waals surface area contributed by atoms with Gasteiger partial charge in [-0.2, -0.15) is 0 Å². The molecule has 0 aliphatic carbocycles. The molecule has 0 rings (SSSR count). The average molecular weight is 435 g/mol. The molecule has 11 heteroatoms. The summed E-state index contributed by atoms with van der Waals surface area (Å²) in [4.78, 5) is 36.2. The van der Waals surface area contributed by atoms with E-state index in [0.717, 1.165) is 0 Å². The zero-order valence-electron chi connectivity index (χ0n) is 17.4. The topological polar surface area (TPSA) is 154 Å². The SMILES string of the molecule is C=COCCC(=O)NCNC(=O)C(CC)CC(C)C(=O)NC(C)(C)CS(=O)(=O)[O-]. The fourth-order valence-corrected chi connectivity index (χ4v) is 3.58. The van der Waals surface area contributed by atoms with Crippen LogP contribution in [0.5, 0.6) is 0 Å². The first-order chi connectivity index (χ1) is 13.3. The van der Waals surface area contributed by atoms with Gasteiger partial charge in [0.1, 0.15) is 0 Å². The van der Waals surface area contributed by atoms with Gasteiger partial charge in [0.15, 0.2) is 0 Å². The van der Waals surface area contributed by atoms with Gasteiger partial charge in [0, 0.05) is 17.4 Å². The molecule has 0 heterocycles. The molecule has 2 atom stereocenters. The predicted octanol–water partition coefficient (Wildman–Crippen LogP) is 0.219. The summed E-state index contributed by atoms with van der Waals surface area (Å²) in [5, 5.41) is 7.66. The largest absolute Gasteiger partial charge is 0.748 e. The van der Waals surface area contributed by atoms with E-state index in [-0.39, 0.29) is 37.9 Å². The van der Waals surface area contributed by atoms with Gasteiger partial charge in [0.05, 0.1) is 41.8 Å². The highest BCUT2D eigenvalue weighted by molar-refractivity contribution is 7.85. The molecule has 0 aromatic rings. The third-order valence-corrected chi connectivity index (χ3v) is 5.14. The quantitative estimate of drug-likeness (QED) is 0.153. The smallest absolute Gasteiger partial charge is 0.224 e.